The number of amides is 1. The standard InChI is InChI=1S/C11H12ClFN2OS/c1-17-3-2-8-11(16)15-9-4-6(12)7(13)5-10(9)14-8/h4-5,8,14H,2-3H2,1H3,(H,15,16). The monoisotopic (exact) mass is 274 g/mol. The maximum absolute atomic E-state index is 13.3. The van der Waals surface area contributed by atoms with Crippen molar-refractivity contribution in [2.24, 2.45) is 0 Å². The van der Waals surface area contributed by atoms with Crippen LogP contribution < -0.4 is 10.6 Å². The van der Waals surface area contributed by atoms with E-state index in [1.54, 1.807) is 11.8 Å². The van der Waals surface area contributed by atoms with Gasteiger partial charge in [-0.2, -0.15) is 11.8 Å². The zero-order valence-corrected chi connectivity index (χ0v) is 10.8. The van der Waals surface area contributed by atoms with Crippen molar-refractivity contribution in [3.8, 4) is 0 Å². The molecule has 0 bridgehead atoms. The lowest BCUT2D eigenvalue weighted by molar-refractivity contribution is -0.117. The van der Waals surface area contributed by atoms with Crippen molar-refractivity contribution in [1.82, 2.24) is 0 Å². The fraction of sp³-hybridized carbons (Fsp3) is 0.364. The van der Waals surface area contributed by atoms with Gasteiger partial charge in [0.2, 0.25) is 5.91 Å². The van der Waals surface area contributed by atoms with Gasteiger partial charge < -0.3 is 10.6 Å². The number of fused-ring (bicyclic) bond motifs is 1. The molecule has 1 amide bonds. The summed E-state index contributed by atoms with van der Waals surface area (Å²) < 4.78 is 13.3. The average Bonchev–Trinajstić information content (AvgIpc) is 2.29. The third-order valence-electron chi connectivity index (χ3n) is 2.58. The van der Waals surface area contributed by atoms with Crippen LogP contribution in [-0.4, -0.2) is 24.0 Å². The molecule has 2 N–H and O–H groups in total. The number of nitrogens with one attached hydrogen (secondary N) is 2. The van der Waals surface area contributed by atoms with Crippen molar-refractivity contribution in [2.45, 2.75) is 12.5 Å². The van der Waals surface area contributed by atoms with Crippen LogP contribution in [-0.2, 0) is 4.79 Å². The van der Waals surface area contributed by atoms with E-state index in [1.165, 1.54) is 12.1 Å². The Morgan fingerprint density at radius 2 is 2.24 bits per heavy atom. The van der Waals surface area contributed by atoms with Gasteiger partial charge in [-0.3, -0.25) is 4.79 Å². The van der Waals surface area contributed by atoms with Crippen LogP contribution in [0.15, 0.2) is 12.1 Å². The highest BCUT2D eigenvalue weighted by Crippen LogP contribution is 2.32. The van der Waals surface area contributed by atoms with E-state index in [0.717, 1.165) is 5.75 Å². The number of hydrogen-bond acceptors (Lipinski definition) is 3. The first-order valence-corrected chi connectivity index (χ1v) is 6.94. The van der Waals surface area contributed by atoms with Crippen LogP contribution in [0.5, 0.6) is 0 Å². The molecule has 92 valence electrons. The third-order valence-corrected chi connectivity index (χ3v) is 3.51. The highest BCUT2D eigenvalue weighted by molar-refractivity contribution is 7.98. The van der Waals surface area contributed by atoms with Gasteiger partial charge in [-0.1, -0.05) is 11.6 Å². The zero-order chi connectivity index (χ0) is 12.4. The summed E-state index contributed by atoms with van der Waals surface area (Å²) in [7, 11) is 0. The molecule has 17 heavy (non-hydrogen) atoms. The minimum atomic E-state index is -0.488. The Morgan fingerprint density at radius 3 is 2.94 bits per heavy atom. The molecule has 1 heterocycles. The average molecular weight is 275 g/mol. The number of rotatable bonds is 3. The second kappa shape index (κ2) is 5.14. The van der Waals surface area contributed by atoms with Crippen molar-refractivity contribution >= 4 is 40.6 Å². The molecule has 0 saturated carbocycles. The summed E-state index contributed by atoms with van der Waals surface area (Å²) >= 11 is 7.32. The molecule has 0 aromatic heterocycles. The topological polar surface area (TPSA) is 41.1 Å². The predicted octanol–water partition coefficient (Wildman–Crippen LogP) is 2.96. The molecule has 0 saturated heterocycles. The van der Waals surface area contributed by atoms with Crippen molar-refractivity contribution in [3.63, 3.8) is 0 Å². The second-order valence-corrected chi connectivity index (χ2v) is 5.17. The highest BCUT2D eigenvalue weighted by Gasteiger charge is 2.25. The Morgan fingerprint density at radius 1 is 1.47 bits per heavy atom. The SMILES string of the molecule is CSCCC1Nc2cc(F)c(Cl)cc2NC1=O. The highest BCUT2D eigenvalue weighted by atomic mass is 35.5. The molecule has 0 radical (unpaired) electrons. The Kier molecular flexibility index (Phi) is 3.79. The van der Waals surface area contributed by atoms with Gasteiger partial charge in [-0.15, -0.1) is 0 Å². The number of benzene rings is 1. The first-order valence-electron chi connectivity index (χ1n) is 5.17. The van der Waals surface area contributed by atoms with Crippen LogP contribution in [0.25, 0.3) is 0 Å². The maximum Gasteiger partial charge on any atom is 0.246 e. The van der Waals surface area contributed by atoms with E-state index in [1.807, 2.05) is 6.26 Å². The molecule has 1 aliphatic heterocycles. The summed E-state index contributed by atoms with van der Waals surface area (Å²) in [5, 5.41) is 5.76. The molecular weight excluding hydrogens is 263 g/mol. The molecule has 1 aromatic carbocycles. The van der Waals surface area contributed by atoms with Crippen LogP contribution >= 0.6 is 23.4 Å². The summed E-state index contributed by atoms with van der Waals surface area (Å²) in [6.07, 6.45) is 2.69. The van der Waals surface area contributed by atoms with Gasteiger partial charge in [0.25, 0.3) is 0 Å². The van der Waals surface area contributed by atoms with Gasteiger partial charge in [-0.05, 0) is 24.5 Å². The van der Waals surface area contributed by atoms with Crippen molar-refractivity contribution < 1.29 is 9.18 Å². The molecular formula is C11H12ClFN2OS. The molecule has 3 nitrogen and oxygen atoms in total. The van der Waals surface area contributed by atoms with E-state index < -0.39 is 5.82 Å². The Bertz CT molecular complexity index is 455. The predicted molar refractivity (Wildman–Crippen MR) is 70.4 cm³/mol. The molecule has 1 aromatic rings. The third kappa shape index (κ3) is 2.66. The van der Waals surface area contributed by atoms with Gasteiger partial charge in [0.05, 0.1) is 16.4 Å². The molecule has 0 aliphatic carbocycles. The van der Waals surface area contributed by atoms with Crippen LogP contribution in [0.1, 0.15) is 6.42 Å². The lowest BCUT2D eigenvalue weighted by atomic mass is 10.1. The van der Waals surface area contributed by atoms with Crippen molar-refractivity contribution in [2.75, 3.05) is 22.6 Å². The van der Waals surface area contributed by atoms with Gasteiger partial charge in [-0.25, -0.2) is 4.39 Å². The van der Waals surface area contributed by atoms with Crippen molar-refractivity contribution in [3.05, 3.63) is 23.0 Å². The molecule has 6 heteroatoms. The molecule has 0 fully saturated rings. The summed E-state index contributed by atoms with van der Waals surface area (Å²) in [5.41, 5.74) is 1.11. The summed E-state index contributed by atoms with van der Waals surface area (Å²) in [4.78, 5) is 11.7. The van der Waals surface area contributed by atoms with Gasteiger partial charge in [0.1, 0.15) is 11.9 Å². The number of thioether (sulfide) groups is 1. The lowest BCUT2D eigenvalue weighted by Crippen LogP contribution is -2.39. The normalized spacial score (nSPS) is 18.3. The smallest absolute Gasteiger partial charge is 0.246 e. The first kappa shape index (κ1) is 12.5. The van der Waals surface area contributed by atoms with E-state index in [4.69, 9.17) is 11.6 Å². The number of halogens is 2. The van der Waals surface area contributed by atoms with Crippen LogP contribution in [0, 0.1) is 5.82 Å². The first-order chi connectivity index (χ1) is 8.11. The van der Waals surface area contributed by atoms with E-state index in [9.17, 15) is 9.18 Å². The fourth-order valence-corrected chi connectivity index (χ4v) is 2.32. The number of carbonyl (C=O) groups is 1. The Balaban J connectivity index is 2.22. The van der Waals surface area contributed by atoms with Crippen molar-refractivity contribution in [1.29, 1.82) is 0 Å². The Labute approximate surface area is 108 Å². The van der Waals surface area contributed by atoms with Gasteiger partial charge >= 0.3 is 0 Å². The zero-order valence-electron chi connectivity index (χ0n) is 9.22. The molecule has 0 spiro atoms. The Hall–Kier alpha value is -0.940. The van der Waals surface area contributed by atoms with Crippen LogP contribution in [0.2, 0.25) is 5.02 Å². The summed E-state index contributed by atoms with van der Waals surface area (Å²) in [6, 6.07) is 2.42. The number of carbonyl (C=O) groups excluding carboxylic acids is 1. The minimum absolute atomic E-state index is 0.00779. The van der Waals surface area contributed by atoms with Crippen LogP contribution in [0.3, 0.4) is 0 Å². The fourth-order valence-electron chi connectivity index (χ4n) is 1.68. The van der Waals surface area contributed by atoms with E-state index in [-0.39, 0.29) is 17.0 Å². The van der Waals surface area contributed by atoms with Gasteiger partial charge in [0.15, 0.2) is 0 Å². The summed E-state index contributed by atoms with van der Waals surface area (Å²) in [6.45, 7) is 0. The minimum Gasteiger partial charge on any atom is -0.372 e. The second-order valence-electron chi connectivity index (χ2n) is 3.78. The van der Waals surface area contributed by atoms with E-state index in [0.29, 0.717) is 17.8 Å². The quantitative estimate of drug-likeness (QED) is 0.890. The molecule has 1 atom stereocenters. The lowest BCUT2D eigenvalue weighted by Gasteiger charge is -2.26. The van der Waals surface area contributed by atoms with Gasteiger partial charge in [0, 0.05) is 6.07 Å². The molecule has 2 rings (SSSR count). The molecule has 1 unspecified atom stereocenters. The maximum atomic E-state index is 13.3. The van der Waals surface area contributed by atoms with Crippen LogP contribution in [0.4, 0.5) is 15.8 Å². The largest absolute Gasteiger partial charge is 0.372 e. The number of hydrogen-bond donors (Lipinski definition) is 2. The number of anilines is 2. The summed E-state index contributed by atoms with van der Waals surface area (Å²) in [5.74, 6) is 0.281. The van der Waals surface area contributed by atoms with E-state index in [2.05, 4.69) is 10.6 Å². The van der Waals surface area contributed by atoms with E-state index >= 15 is 0 Å². The molecule has 1 aliphatic rings.